The van der Waals surface area contributed by atoms with E-state index < -0.39 is 0 Å². The van der Waals surface area contributed by atoms with Gasteiger partial charge in [-0.15, -0.1) is 0 Å². The van der Waals surface area contributed by atoms with Crippen molar-refractivity contribution in [2.75, 3.05) is 52.5 Å². The van der Waals surface area contributed by atoms with Crippen LogP contribution in [0.15, 0.2) is 24.3 Å². The third-order valence-corrected chi connectivity index (χ3v) is 4.36. The summed E-state index contributed by atoms with van der Waals surface area (Å²) in [6.07, 6.45) is -0.485. The first-order valence-electron chi connectivity index (χ1n) is 8.95. The molecule has 1 atom stereocenters. The van der Waals surface area contributed by atoms with Crippen molar-refractivity contribution >= 4 is 12.0 Å². The number of benzene rings is 1. The van der Waals surface area contributed by atoms with E-state index >= 15 is 0 Å². The van der Waals surface area contributed by atoms with Gasteiger partial charge in [-0.25, -0.2) is 4.79 Å². The molecule has 0 aromatic heterocycles. The van der Waals surface area contributed by atoms with E-state index in [0.717, 1.165) is 5.75 Å². The fourth-order valence-electron chi connectivity index (χ4n) is 2.95. The van der Waals surface area contributed by atoms with Gasteiger partial charge in [-0.05, 0) is 19.1 Å². The van der Waals surface area contributed by atoms with E-state index in [1.807, 2.05) is 29.2 Å². The van der Waals surface area contributed by atoms with Crippen LogP contribution in [0.1, 0.15) is 6.92 Å². The zero-order chi connectivity index (χ0) is 18.4. The first-order valence-corrected chi connectivity index (χ1v) is 8.95. The lowest BCUT2D eigenvalue weighted by Gasteiger charge is -2.33. The number of hydrogen-bond donors (Lipinski definition) is 1. The molecular formula is C18H25N3O5. The van der Waals surface area contributed by atoms with Gasteiger partial charge in [-0.2, -0.15) is 0 Å². The lowest BCUT2D eigenvalue weighted by molar-refractivity contribution is -0.123. The zero-order valence-electron chi connectivity index (χ0n) is 15.0. The quantitative estimate of drug-likeness (QED) is 0.830. The molecule has 1 aromatic carbocycles. The molecule has 26 heavy (non-hydrogen) atoms. The van der Waals surface area contributed by atoms with Crippen LogP contribution in [0, 0.1) is 0 Å². The van der Waals surface area contributed by atoms with E-state index in [1.54, 1.807) is 11.8 Å². The average molecular weight is 363 g/mol. The molecule has 0 spiro atoms. The highest BCUT2D eigenvalue weighted by atomic mass is 16.6. The Balaban J connectivity index is 1.36. The molecule has 8 nitrogen and oxygen atoms in total. The number of carbonyl (C=O) groups is 2. The van der Waals surface area contributed by atoms with Crippen molar-refractivity contribution in [1.29, 1.82) is 0 Å². The van der Waals surface area contributed by atoms with Crippen molar-refractivity contribution in [2.24, 2.45) is 0 Å². The van der Waals surface area contributed by atoms with Gasteiger partial charge >= 0.3 is 6.09 Å². The number of fused-ring (bicyclic) bond motifs is 1. The number of hydrogen-bond acceptors (Lipinski definition) is 6. The number of rotatable bonds is 5. The van der Waals surface area contributed by atoms with Crippen LogP contribution >= 0.6 is 0 Å². The minimum absolute atomic E-state index is 0.0583. The van der Waals surface area contributed by atoms with Gasteiger partial charge in [-0.3, -0.25) is 9.69 Å². The van der Waals surface area contributed by atoms with Crippen LogP contribution in [0.5, 0.6) is 11.5 Å². The number of ether oxygens (including phenoxy) is 3. The number of amides is 2. The van der Waals surface area contributed by atoms with Crippen molar-refractivity contribution in [3.8, 4) is 11.5 Å². The summed E-state index contributed by atoms with van der Waals surface area (Å²) >= 11 is 0. The van der Waals surface area contributed by atoms with Crippen molar-refractivity contribution in [3.63, 3.8) is 0 Å². The van der Waals surface area contributed by atoms with Crippen LogP contribution < -0.4 is 14.8 Å². The minimum Gasteiger partial charge on any atom is -0.486 e. The smallest absolute Gasteiger partial charge is 0.409 e. The lowest BCUT2D eigenvalue weighted by atomic mass is 10.2. The Bertz CT molecular complexity index is 631. The summed E-state index contributed by atoms with van der Waals surface area (Å²) in [6, 6.07) is 7.50. The number of para-hydroxylation sites is 2. The van der Waals surface area contributed by atoms with Gasteiger partial charge in [0.05, 0.1) is 19.7 Å². The van der Waals surface area contributed by atoms with Crippen LogP contribution in [0.2, 0.25) is 0 Å². The second-order valence-corrected chi connectivity index (χ2v) is 6.26. The van der Waals surface area contributed by atoms with Crippen molar-refractivity contribution in [1.82, 2.24) is 15.1 Å². The molecule has 142 valence electrons. The summed E-state index contributed by atoms with van der Waals surface area (Å²) in [4.78, 5) is 27.5. The van der Waals surface area contributed by atoms with Crippen LogP contribution in [0.25, 0.3) is 0 Å². The molecule has 1 fully saturated rings. The third kappa shape index (κ3) is 4.78. The highest BCUT2D eigenvalue weighted by molar-refractivity contribution is 5.78. The molecular weight excluding hydrogens is 338 g/mol. The van der Waals surface area contributed by atoms with Crippen molar-refractivity contribution in [2.45, 2.75) is 13.0 Å². The first-order chi connectivity index (χ1) is 12.7. The Labute approximate surface area is 153 Å². The number of piperazine rings is 1. The summed E-state index contributed by atoms with van der Waals surface area (Å²) in [5, 5.41) is 2.89. The van der Waals surface area contributed by atoms with Crippen LogP contribution in [-0.4, -0.2) is 80.4 Å². The van der Waals surface area contributed by atoms with Gasteiger partial charge in [0.2, 0.25) is 5.91 Å². The van der Waals surface area contributed by atoms with E-state index in [0.29, 0.717) is 58.2 Å². The minimum atomic E-state index is -0.286. The molecule has 2 aliphatic heterocycles. The standard InChI is InChI=1S/C18H25N3O5/c1-2-24-18(23)21-9-7-20(8-10-21)12-17(22)19-11-14-13-25-15-5-3-4-6-16(15)26-14/h3-6,14H,2,7-13H2,1H3,(H,19,22). The number of nitrogens with one attached hydrogen (secondary N) is 1. The van der Waals surface area contributed by atoms with Crippen LogP contribution in [-0.2, 0) is 9.53 Å². The summed E-state index contributed by atoms with van der Waals surface area (Å²) in [5.41, 5.74) is 0. The SMILES string of the molecule is CCOC(=O)N1CCN(CC(=O)NCC2COc3ccccc3O2)CC1. The largest absolute Gasteiger partial charge is 0.486 e. The van der Waals surface area contributed by atoms with Crippen LogP contribution in [0.3, 0.4) is 0 Å². The topological polar surface area (TPSA) is 80.3 Å². The third-order valence-electron chi connectivity index (χ3n) is 4.36. The summed E-state index contributed by atoms with van der Waals surface area (Å²) in [7, 11) is 0. The Hall–Kier alpha value is -2.48. The van der Waals surface area contributed by atoms with Gasteiger partial charge in [-0.1, -0.05) is 12.1 Å². The molecule has 2 heterocycles. The lowest BCUT2D eigenvalue weighted by Crippen LogP contribution is -2.52. The normalized spacial score (nSPS) is 19.7. The Kier molecular flexibility index (Phi) is 6.17. The first kappa shape index (κ1) is 18.3. The number of nitrogens with zero attached hydrogens (tertiary/aromatic N) is 2. The molecule has 1 unspecified atom stereocenters. The maximum atomic E-state index is 12.2. The molecule has 2 aliphatic rings. The van der Waals surface area contributed by atoms with Gasteiger partial charge in [0.1, 0.15) is 12.7 Å². The fraction of sp³-hybridized carbons (Fsp3) is 0.556. The zero-order valence-corrected chi connectivity index (χ0v) is 15.0. The maximum absolute atomic E-state index is 12.2. The van der Waals surface area contributed by atoms with Crippen molar-refractivity contribution < 1.29 is 23.8 Å². The molecule has 0 radical (unpaired) electrons. The molecule has 8 heteroatoms. The Morgan fingerprint density at radius 2 is 1.92 bits per heavy atom. The number of carbonyl (C=O) groups excluding carboxylic acids is 2. The molecule has 0 aliphatic carbocycles. The highest BCUT2D eigenvalue weighted by Crippen LogP contribution is 2.30. The summed E-state index contributed by atoms with van der Waals surface area (Å²) < 4.78 is 16.5. The van der Waals surface area contributed by atoms with Crippen molar-refractivity contribution in [3.05, 3.63) is 24.3 Å². The predicted molar refractivity (Wildman–Crippen MR) is 94.4 cm³/mol. The second-order valence-electron chi connectivity index (χ2n) is 6.26. The predicted octanol–water partition coefficient (Wildman–Crippen LogP) is 0.717. The molecule has 2 amide bonds. The van der Waals surface area contributed by atoms with Gasteiger partial charge in [0.15, 0.2) is 11.5 Å². The molecule has 1 N–H and O–H groups in total. The monoisotopic (exact) mass is 363 g/mol. The van der Waals surface area contributed by atoms with Gasteiger partial charge in [0.25, 0.3) is 0 Å². The maximum Gasteiger partial charge on any atom is 0.409 e. The summed E-state index contributed by atoms with van der Waals surface area (Å²) in [6.45, 7) is 5.74. The summed E-state index contributed by atoms with van der Waals surface area (Å²) in [5.74, 6) is 1.37. The van der Waals surface area contributed by atoms with Gasteiger partial charge < -0.3 is 24.4 Å². The van der Waals surface area contributed by atoms with Crippen LogP contribution in [0.4, 0.5) is 4.79 Å². The van der Waals surface area contributed by atoms with Gasteiger partial charge in [0, 0.05) is 26.2 Å². The van der Waals surface area contributed by atoms with E-state index in [4.69, 9.17) is 14.2 Å². The molecule has 1 saturated heterocycles. The Morgan fingerprint density at radius 3 is 2.65 bits per heavy atom. The second kappa shape index (κ2) is 8.75. The molecule has 1 aromatic rings. The Morgan fingerprint density at radius 1 is 1.19 bits per heavy atom. The van der Waals surface area contributed by atoms with E-state index in [2.05, 4.69) is 5.32 Å². The molecule has 0 bridgehead atoms. The van der Waals surface area contributed by atoms with E-state index in [1.165, 1.54) is 0 Å². The highest BCUT2D eigenvalue weighted by Gasteiger charge is 2.24. The van der Waals surface area contributed by atoms with E-state index in [-0.39, 0.29) is 18.1 Å². The molecule has 0 saturated carbocycles. The fourth-order valence-corrected chi connectivity index (χ4v) is 2.95. The van der Waals surface area contributed by atoms with E-state index in [9.17, 15) is 9.59 Å². The average Bonchev–Trinajstić information content (AvgIpc) is 2.67. The molecule has 3 rings (SSSR count).